The molecule has 0 heterocycles. The van der Waals surface area contributed by atoms with Crippen molar-refractivity contribution in [2.24, 2.45) is 17.8 Å². The summed E-state index contributed by atoms with van der Waals surface area (Å²) < 4.78 is 5.85. The molecule has 3 rings (SSSR count). The summed E-state index contributed by atoms with van der Waals surface area (Å²) in [6, 6.07) is 9.19. The molecule has 0 bridgehead atoms. The maximum absolute atomic E-state index is 5.85. The molecule has 2 heteroatoms. The Bertz CT molecular complexity index is 446. The van der Waals surface area contributed by atoms with Crippen molar-refractivity contribution in [1.82, 2.24) is 5.32 Å². The molecule has 3 unspecified atom stereocenters. The highest BCUT2D eigenvalue weighted by molar-refractivity contribution is 5.31. The van der Waals surface area contributed by atoms with Crippen LogP contribution in [0, 0.1) is 17.8 Å². The summed E-state index contributed by atoms with van der Waals surface area (Å²) >= 11 is 0. The van der Waals surface area contributed by atoms with E-state index in [2.05, 4.69) is 50.4 Å². The minimum atomic E-state index is 0.238. The van der Waals surface area contributed by atoms with Crippen LogP contribution in [-0.4, -0.2) is 12.6 Å². The van der Waals surface area contributed by atoms with Crippen LogP contribution in [0.25, 0.3) is 0 Å². The summed E-state index contributed by atoms with van der Waals surface area (Å²) in [5, 5.41) is 3.71. The van der Waals surface area contributed by atoms with Gasteiger partial charge in [-0.25, -0.2) is 0 Å². The van der Waals surface area contributed by atoms with Gasteiger partial charge < -0.3 is 10.1 Å². The van der Waals surface area contributed by atoms with E-state index >= 15 is 0 Å². The molecule has 3 atom stereocenters. The average Bonchev–Trinajstić information content (AvgIpc) is 3.02. The lowest BCUT2D eigenvalue weighted by molar-refractivity contribution is 0.241. The molecule has 20 heavy (non-hydrogen) atoms. The van der Waals surface area contributed by atoms with Crippen LogP contribution in [0.3, 0.4) is 0 Å². The Hall–Kier alpha value is -1.02. The van der Waals surface area contributed by atoms with E-state index in [1.165, 1.54) is 24.8 Å². The lowest BCUT2D eigenvalue weighted by atomic mass is 9.89. The van der Waals surface area contributed by atoms with Crippen LogP contribution < -0.4 is 10.1 Å². The SMILES string of the molecule is CCNC(c1cccc(OC(C)C)c1)C1CC2CC2C1. The fourth-order valence-electron chi connectivity index (χ4n) is 3.86. The van der Waals surface area contributed by atoms with Crippen molar-refractivity contribution in [2.45, 2.75) is 52.2 Å². The second-order valence-corrected chi connectivity index (χ2v) is 6.76. The van der Waals surface area contributed by atoms with Gasteiger partial charge in [0.15, 0.2) is 0 Å². The molecule has 2 aliphatic rings. The quantitative estimate of drug-likeness (QED) is 0.840. The van der Waals surface area contributed by atoms with Gasteiger partial charge in [-0.05, 0) is 75.1 Å². The molecule has 0 amide bonds. The van der Waals surface area contributed by atoms with E-state index in [1.54, 1.807) is 0 Å². The summed E-state index contributed by atoms with van der Waals surface area (Å²) in [6.07, 6.45) is 4.56. The van der Waals surface area contributed by atoms with Gasteiger partial charge in [0.05, 0.1) is 6.10 Å². The predicted molar refractivity (Wildman–Crippen MR) is 82.9 cm³/mol. The third-order valence-electron chi connectivity index (χ3n) is 4.76. The highest BCUT2D eigenvalue weighted by Gasteiger charge is 2.47. The van der Waals surface area contributed by atoms with Crippen LogP contribution in [0.5, 0.6) is 5.75 Å². The van der Waals surface area contributed by atoms with Crippen molar-refractivity contribution in [2.75, 3.05) is 6.54 Å². The molecule has 0 aliphatic heterocycles. The van der Waals surface area contributed by atoms with E-state index < -0.39 is 0 Å². The van der Waals surface area contributed by atoms with E-state index in [0.29, 0.717) is 6.04 Å². The van der Waals surface area contributed by atoms with Gasteiger partial charge in [0, 0.05) is 6.04 Å². The number of fused-ring (bicyclic) bond motifs is 1. The molecule has 1 N–H and O–H groups in total. The number of nitrogens with one attached hydrogen (secondary N) is 1. The minimum Gasteiger partial charge on any atom is -0.491 e. The summed E-state index contributed by atoms with van der Waals surface area (Å²) in [5.41, 5.74) is 1.40. The molecule has 2 fully saturated rings. The molecule has 110 valence electrons. The Kier molecular flexibility index (Phi) is 4.02. The van der Waals surface area contributed by atoms with Crippen LogP contribution in [0.2, 0.25) is 0 Å². The Balaban J connectivity index is 1.76. The third kappa shape index (κ3) is 3.01. The van der Waals surface area contributed by atoms with Crippen molar-refractivity contribution >= 4 is 0 Å². The fraction of sp³-hybridized carbons (Fsp3) is 0.667. The zero-order valence-electron chi connectivity index (χ0n) is 12.9. The molecule has 0 saturated heterocycles. The fourth-order valence-corrected chi connectivity index (χ4v) is 3.86. The number of hydrogen-bond donors (Lipinski definition) is 1. The van der Waals surface area contributed by atoms with E-state index in [-0.39, 0.29) is 6.10 Å². The largest absolute Gasteiger partial charge is 0.491 e. The molecule has 1 aromatic rings. The van der Waals surface area contributed by atoms with Gasteiger partial charge in [-0.3, -0.25) is 0 Å². The predicted octanol–water partition coefficient (Wildman–Crippen LogP) is 4.17. The Labute approximate surface area is 122 Å². The van der Waals surface area contributed by atoms with Crippen molar-refractivity contribution in [1.29, 1.82) is 0 Å². The number of hydrogen-bond acceptors (Lipinski definition) is 2. The van der Waals surface area contributed by atoms with E-state index in [9.17, 15) is 0 Å². The molecule has 2 aliphatic carbocycles. The Morgan fingerprint density at radius 3 is 2.60 bits per heavy atom. The lowest BCUT2D eigenvalue weighted by Gasteiger charge is -2.26. The monoisotopic (exact) mass is 273 g/mol. The molecule has 2 nitrogen and oxygen atoms in total. The highest BCUT2D eigenvalue weighted by Crippen LogP contribution is 2.57. The van der Waals surface area contributed by atoms with Crippen molar-refractivity contribution < 1.29 is 4.74 Å². The van der Waals surface area contributed by atoms with Gasteiger partial charge in [0.25, 0.3) is 0 Å². The maximum Gasteiger partial charge on any atom is 0.120 e. The van der Waals surface area contributed by atoms with Gasteiger partial charge in [0.1, 0.15) is 5.75 Å². The third-order valence-corrected chi connectivity index (χ3v) is 4.76. The number of rotatable bonds is 6. The maximum atomic E-state index is 5.85. The Morgan fingerprint density at radius 1 is 1.20 bits per heavy atom. The molecule has 0 spiro atoms. The zero-order valence-corrected chi connectivity index (χ0v) is 12.9. The summed E-state index contributed by atoms with van der Waals surface area (Å²) in [7, 11) is 0. The average molecular weight is 273 g/mol. The second kappa shape index (κ2) is 5.77. The van der Waals surface area contributed by atoms with E-state index in [4.69, 9.17) is 4.74 Å². The second-order valence-electron chi connectivity index (χ2n) is 6.76. The first-order valence-corrected chi connectivity index (χ1v) is 8.17. The molecule has 0 aromatic heterocycles. The van der Waals surface area contributed by atoms with Crippen molar-refractivity contribution in [3.8, 4) is 5.75 Å². The van der Waals surface area contributed by atoms with Gasteiger partial charge >= 0.3 is 0 Å². The lowest BCUT2D eigenvalue weighted by Crippen LogP contribution is -2.27. The normalized spacial score (nSPS) is 29.3. The molecular formula is C18H27NO. The number of benzene rings is 1. The van der Waals surface area contributed by atoms with E-state index in [1.807, 2.05) is 0 Å². The van der Waals surface area contributed by atoms with Crippen LogP contribution in [0.4, 0.5) is 0 Å². The highest BCUT2D eigenvalue weighted by atomic mass is 16.5. The van der Waals surface area contributed by atoms with E-state index in [0.717, 1.165) is 30.0 Å². The van der Waals surface area contributed by atoms with Gasteiger partial charge in [-0.15, -0.1) is 0 Å². The molecule has 1 aromatic carbocycles. The summed E-state index contributed by atoms with van der Waals surface area (Å²) in [6.45, 7) is 7.40. The van der Waals surface area contributed by atoms with Crippen LogP contribution >= 0.6 is 0 Å². The topological polar surface area (TPSA) is 21.3 Å². The van der Waals surface area contributed by atoms with Gasteiger partial charge in [-0.2, -0.15) is 0 Å². The first-order valence-electron chi connectivity index (χ1n) is 8.17. The van der Waals surface area contributed by atoms with Crippen LogP contribution in [0.15, 0.2) is 24.3 Å². The van der Waals surface area contributed by atoms with Crippen LogP contribution in [-0.2, 0) is 0 Å². The first kappa shape index (κ1) is 13.9. The first-order chi connectivity index (χ1) is 9.67. The number of ether oxygens (including phenoxy) is 1. The van der Waals surface area contributed by atoms with Crippen molar-refractivity contribution in [3.63, 3.8) is 0 Å². The summed E-state index contributed by atoms with van der Waals surface area (Å²) in [4.78, 5) is 0. The molecule has 2 saturated carbocycles. The van der Waals surface area contributed by atoms with Crippen molar-refractivity contribution in [3.05, 3.63) is 29.8 Å². The smallest absolute Gasteiger partial charge is 0.120 e. The van der Waals surface area contributed by atoms with Gasteiger partial charge in [0.2, 0.25) is 0 Å². The minimum absolute atomic E-state index is 0.238. The van der Waals surface area contributed by atoms with Gasteiger partial charge in [-0.1, -0.05) is 19.1 Å². The molecular weight excluding hydrogens is 246 g/mol. The van der Waals surface area contributed by atoms with Crippen LogP contribution in [0.1, 0.15) is 51.6 Å². The molecule has 0 radical (unpaired) electrons. The zero-order chi connectivity index (χ0) is 14.1. The summed E-state index contributed by atoms with van der Waals surface area (Å²) in [5.74, 6) is 3.89. The standard InChI is InChI=1S/C18H27NO/c1-4-19-18(16-9-14-8-15(14)10-16)13-6-5-7-17(11-13)20-12(2)3/h5-7,11-12,14-16,18-19H,4,8-10H2,1-3H3. The Morgan fingerprint density at radius 2 is 1.95 bits per heavy atom.